The van der Waals surface area contributed by atoms with Crippen LogP contribution in [0.25, 0.3) is 0 Å². The summed E-state index contributed by atoms with van der Waals surface area (Å²) in [5.41, 5.74) is 7.76. The van der Waals surface area contributed by atoms with Crippen molar-refractivity contribution >= 4 is 0 Å². The van der Waals surface area contributed by atoms with Crippen molar-refractivity contribution in [3.05, 3.63) is 23.3 Å². The molecule has 1 heterocycles. The van der Waals surface area contributed by atoms with Gasteiger partial charge >= 0.3 is 0 Å². The summed E-state index contributed by atoms with van der Waals surface area (Å²) in [5.74, 6) is 1.69. The molecule has 2 fully saturated rings. The molecule has 98 valence electrons. The van der Waals surface area contributed by atoms with Gasteiger partial charge in [0, 0.05) is 17.0 Å². The van der Waals surface area contributed by atoms with Crippen LogP contribution in [-0.4, -0.2) is 18.8 Å². The van der Waals surface area contributed by atoms with E-state index in [0.29, 0.717) is 5.56 Å². The number of rotatable bonds is 2. The third-order valence-corrected chi connectivity index (χ3v) is 4.51. The van der Waals surface area contributed by atoms with E-state index in [4.69, 9.17) is 20.5 Å². The van der Waals surface area contributed by atoms with Crippen molar-refractivity contribution in [1.29, 1.82) is 5.26 Å². The van der Waals surface area contributed by atoms with E-state index in [-0.39, 0.29) is 17.6 Å². The van der Waals surface area contributed by atoms with E-state index in [1.165, 1.54) is 5.56 Å². The molecule has 19 heavy (non-hydrogen) atoms. The van der Waals surface area contributed by atoms with Crippen LogP contribution in [0.4, 0.5) is 0 Å². The maximum atomic E-state index is 9.11. The molecule has 4 rings (SSSR count). The van der Waals surface area contributed by atoms with Gasteiger partial charge in [-0.2, -0.15) is 5.26 Å². The molecule has 4 nitrogen and oxygen atoms in total. The van der Waals surface area contributed by atoms with Crippen LogP contribution in [0, 0.1) is 11.3 Å². The van der Waals surface area contributed by atoms with Gasteiger partial charge in [-0.05, 0) is 37.8 Å². The lowest BCUT2D eigenvalue weighted by Crippen LogP contribution is -2.43. The monoisotopic (exact) mass is 256 g/mol. The lowest BCUT2D eigenvalue weighted by Gasteiger charge is -2.33. The van der Waals surface area contributed by atoms with E-state index in [9.17, 15) is 0 Å². The maximum absolute atomic E-state index is 9.11. The Morgan fingerprint density at radius 3 is 2.79 bits per heavy atom. The first-order valence-electron chi connectivity index (χ1n) is 6.84. The van der Waals surface area contributed by atoms with Crippen molar-refractivity contribution in [3.8, 4) is 17.6 Å². The van der Waals surface area contributed by atoms with E-state index in [2.05, 4.69) is 6.07 Å². The first-order chi connectivity index (χ1) is 9.20. The second-order valence-electron chi connectivity index (χ2n) is 6.00. The molecule has 1 aliphatic heterocycles. The Balaban J connectivity index is 1.72. The molecule has 0 unspecified atom stereocenters. The van der Waals surface area contributed by atoms with Crippen LogP contribution < -0.4 is 15.2 Å². The molecule has 3 aliphatic rings. The number of nitrogens with zero attached hydrogens (tertiary/aromatic N) is 1. The summed E-state index contributed by atoms with van der Waals surface area (Å²) in [4.78, 5) is 0. The molecule has 2 aliphatic carbocycles. The predicted molar refractivity (Wildman–Crippen MR) is 69.2 cm³/mol. The zero-order valence-electron chi connectivity index (χ0n) is 10.7. The zero-order valence-corrected chi connectivity index (χ0v) is 10.7. The smallest absolute Gasteiger partial charge is 0.128 e. The molecule has 1 aromatic carbocycles. The van der Waals surface area contributed by atoms with E-state index in [1.54, 1.807) is 0 Å². The van der Waals surface area contributed by atoms with Crippen LogP contribution >= 0.6 is 0 Å². The first-order valence-corrected chi connectivity index (χ1v) is 6.84. The fraction of sp³-hybridized carbons (Fsp3) is 0.533. The minimum atomic E-state index is 0.171. The van der Waals surface area contributed by atoms with E-state index >= 15 is 0 Å². The number of hydrogen-bond donors (Lipinski definition) is 1. The molecule has 0 radical (unpaired) electrons. The summed E-state index contributed by atoms with van der Waals surface area (Å²) in [5, 5.41) is 9.11. The summed E-state index contributed by atoms with van der Waals surface area (Å²) in [6.07, 6.45) is 4.32. The van der Waals surface area contributed by atoms with Gasteiger partial charge in [-0.15, -0.1) is 0 Å². The van der Waals surface area contributed by atoms with Gasteiger partial charge in [0.15, 0.2) is 0 Å². The van der Waals surface area contributed by atoms with Gasteiger partial charge < -0.3 is 15.2 Å². The highest BCUT2D eigenvalue weighted by Crippen LogP contribution is 2.59. The molecule has 0 aromatic heterocycles. The Bertz CT molecular complexity index is 581. The lowest BCUT2D eigenvalue weighted by molar-refractivity contribution is 0.0994. The second-order valence-corrected chi connectivity index (χ2v) is 6.00. The summed E-state index contributed by atoms with van der Waals surface area (Å²) in [6.45, 7) is 0.734. The molecule has 0 saturated heterocycles. The Labute approximate surface area is 112 Å². The van der Waals surface area contributed by atoms with Gasteiger partial charge in [0.1, 0.15) is 17.6 Å². The number of fused-ring (bicyclic) bond motifs is 2. The molecular weight excluding hydrogens is 240 g/mol. The summed E-state index contributed by atoms with van der Waals surface area (Å²) in [6, 6.07) is 6.14. The molecule has 1 spiro atoms. The fourth-order valence-electron chi connectivity index (χ4n) is 3.10. The number of benzene rings is 1. The van der Waals surface area contributed by atoms with Crippen molar-refractivity contribution in [3.63, 3.8) is 0 Å². The molecule has 0 bridgehead atoms. The molecule has 0 amide bonds. The Morgan fingerprint density at radius 1 is 1.37 bits per heavy atom. The highest BCUT2D eigenvalue weighted by Gasteiger charge is 2.53. The molecule has 2 N–H and O–H groups in total. The summed E-state index contributed by atoms with van der Waals surface area (Å²) in [7, 11) is 0. The van der Waals surface area contributed by atoms with Crippen molar-refractivity contribution in [2.24, 2.45) is 5.73 Å². The zero-order chi connectivity index (χ0) is 13.0. The van der Waals surface area contributed by atoms with Gasteiger partial charge in [-0.1, -0.05) is 0 Å². The second kappa shape index (κ2) is 3.64. The average Bonchev–Trinajstić information content (AvgIpc) is 3.04. The standard InChI is InChI=1S/C15H16N2O2/c16-7-9-3-12-14(15(1-2-15)8-18-12)13(4-9)19-11-5-10(17)6-11/h3-4,10-11H,1-2,5-6,8,17H2/t10-,11-. The number of nitrogens with two attached hydrogens (primary N) is 1. The Hall–Kier alpha value is -1.73. The van der Waals surface area contributed by atoms with Crippen LogP contribution in [-0.2, 0) is 5.41 Å². The average molecular weight is 256 g/mol. The van der Waals surface area contributed by atoms with E-state index in [1.807, 2.05) is 12.1 Å². The van der Waals surface area contributed by atoms with Gasteiger partial charge in [-0.25, -0.2) is 0 Å². The summed E-state index contributed by atoms with van der Waals surface area (Å²) >= 11 is 0. The molecule has 1 aromatic rings. The van der Waals surface area contributed by atoms with Crippen molar-refractivity contribution in [2.45, 2.75) is 43.2 Å². The molecule has 4 heteroatoms. The SMILES string of the molecule is N#Cc1cc2c(c(O[C@H]3C[C@H](N)C3)c1)C1(CC1)CO2. The number of hydrogen-bond acceptors (Lipinski definition) is 4. The van der Waals surface area contributed by atoms with Gasteiger partial charge in [-0.3, -0.25) is 0 Å². The first kappa shape index (κ1) is 11.1. The normalized spacial score (nSPS) is 29.1. The van der Waals surface area contributed by atoms with Crippen LogP contribution in [0.3, 0.4) is 0 Å². The van der Waals surface area contributed by atoms with E-state index < -0.39 is 0 Å². The largest absolute Gasteiger partial charge is 0.492 e. The highest BCUT2D eigenvalue weighted by atomic mass is 16.5. The van der Waals surface area contributed by atoms with Crippen molar-refractivity contribution in [1.82, 2.24) is 0 Å². The maximum Gasteiger partial charge on any atom is 0.128 e. The van der Waals surface area contributed by atoms with Crippen LogP contribution in [0.1, 0.15) is 36.8 Å². The minimum Gasteiger partial charge on any atom is -0.492 e. The van der Waals surface area contributed by atoms with Gasteiger partial charge in [0.05, 0.1) is 18.2 Å². The molecule has 2 saturated carbocycles. The van der Waals surface area contributed by atoms with E-state index in [0.717, 1.165) is 43.8 Å². The van der Waals surface area contributed by atoms with Crippen molar-refractivity contribution < 1.29 is 9.47 Å². The van der Waals surface area contributed by atoms with Gasteiger partial charge in [0.25, 0.3) is 0 Å². The van der Waals surface area contributed by atoms with Gasteiger partial charge in [0.2, 0.25) is 0 Å². The lowest BCUT2D eigenvalue weighted by atomic mass is 9.89. The highest BCUT2D eigenvalue weighted by molar-refractivity contribution is 5.59. The van der Waals surface area contributed by atoms with Crippen LogP contribution in [0.2, 0.25) is 0 Å². The van der Waals surface area contributed by atoms with Crippen LogP contribution in [0.5, 0.6) is 11.5 Å². The quantitative estimate of drug-likeness (QED) is 0.876. The Morgan fingerprint density at radius 2 is 2.16 bits per heavy atom. The minimum absolute atomic E-state index is 0.171. The van der Waals surface area contributed by atoms with Crippen LogP contribution in [0.15, 0.2) is 12.1 Å². The topological polar surface area (TPSA) is 68.3 Å². The Kier molecular flexibility index (Phi) is 2.13. The fourth-order valence-corrected chi connectivity index (χ4v) is 3.10. The molecular formula is C15H16N2O2. The number of ether oxygens (including phenoxy) is 2. The third kappa shape index (κ3) is 1.62. The summed E-state index contributed by atoms with van der Waals surface area (Å²) < 4.78 is 11.8. The van der Waals surface area contributed by atoms with Crippen molar-refractivity contribution in [2.75, 3.05) is 6.61 Å². The number of nitriles is 1. The predicted octanol–water partition coefficient (Wildman–Crippen LogP) is 1.85. The third-order valence-electron chi connectivity index (χ3n) is 4.51. The molecule has 0 atom stereocenters.